The number of ether oxygens (including phenoxy) is 2. The van der Waals surface area contributed by atoms with E-state index in [0.717, 1.165) is 29.8 Å². The number of benzene rings is 1. The van der Waals surface area contributed by atoms with Gasteiger partial charge in [0, 0.05) is 11.8 Å². The number of rotatable bonds is 5. The van der Waals surface area contributed by atoms with E-state index in [0.29, 0.717) is 17.4 Å². The molecular weight excluding hydrogens is 254 g/mol. The lowest BCUT2D eigenvalue weighted by molar-refractivity contribution is 0.404. The Kier molecular flexibility index (Phi) is 4.40. The van der Waals surface area contributed by atoms with E-state index in [2.05, 4.69) is 16.9 Å². The quantitative estimate of drug-likeness (QED) is 0.907. The van der Waals surface area contributed by atoms with Gasteiger partial charge < -0.3 is 15.2 Å². The fourth-order valence-electron chi connectivity index (χ4n) is 2.01. The SMILES string of the molecule is CCCc1cc(N)nc(-c2cc(OC)ccc2OC)n1. The third-order valence-electron chi connectivity index (χ3n) is 2.95. The summed E-state index contributed by atoms with van der Waals surface area (Å²) in [7, 11) is 3.23. The minimum absolute atomic E-state index is 0.461. The maximum absolute atomic E-state index is 5.87. The van der Waals surface area contributed by atoms with Crippen molar-refractivity contribution in [3.8, 4) is 22.9 Å². The van der Waals surface area contributed by atoms with Crippen molar-refractivity contribution in [2.75, 3.05) is 20.0 Å². The molecule has 1 heterocycles. The van der Waals surface area contributed by atoms with E-state index in [1.54, 1.807) is 20.3 Å². The van der Waals surface area contributed by atoms with Crippen LogP contribution in [0.1, 0.15) is 19.0 Å². The molecule has 0 saturated heterocycles. The summed E-state index contributed by atoms with van der Waals surface area (Å²) in [6, 6.07) is 7.32. The second kappa shape index (κ2) is 6.23. The van der Waals surface area contributed by atoms with Crippen molar-refractivity contribution < 1.29 is 9.47 Å². The minimum Gasteiger partial charge on any atom is -0.497 e. The first-order chi connectivity index (χ1) is 9.67. The van der Waals surface area contributed by atoms with Gasteiger partial charge in [-0.2, -0.15) is 0 Å². The van der Waals surface area contributed by atoms with Gasteiger partial charge in [-0.25, -0.2) is 9.97 Å². The molecule has 5 nitrogen and oxygen atoms in total. The number of hydrogen-bond donors (Lipinski definition) is 1. The van der Waals surface area contributed by atoms with Crippen molar-refractivity contribution >= 4 is 5.82 Å². The van der Waals surface area contributed by atoms with Crippen molar-refractivity contribution in [3.05, 3.63) is 30.0 Å². The van der Waals surface area contributed by atoms with Crippen LogP contribution in [0.15, 0.2) is 24.3 Å². The van der Waals surface area contributed by atoms with Gasteiger partial charge in [-0.3, -0.25) is 0 Å². The molecule has 0 spiro atoms. The van der Waals surface area contributed by atoms with Gasteiger partial charge in [0.15, 0.2) is 5.82 Å². The van der Waals surface area contributed by atoms with Crippen LogP contribution in [0.3, 0.4) is 0 Å². The van der Waals surface area contributed by atoms with Crippen LogP contribution in [0, 0.1) is 0 Å². The number of nitrogens with two attached hydrogens (primary N) is 1. The average Bonchev–Trinajstić information content (AvgIpc) is 2.46. The molecule has 5 heteroatoms. The molecule has 20 heavy (non-hydrogen) atoms. The Morgan fingerprint density at radius 2 is 1.90 bits per heavy atom. The third kappa shape index (κ3) is 2.99. The van der Waals surface area contributed by atoms with Crippen molar-refractivity contribution in [2.45, 2.75) is 19.8 Å². The van der Waals surface area contributed by atoms with Crippen LogP contribution in [0.25, 0.3) is 11.4 Å². The van der Waals surface area contributed by atoms with Crippen LogP contribution in [0.4, 0.5) is 5.82 Å². The zero-order chi connectivity index (χ0) is 14.5. The summed E-state index contributed by atoms with van der Waals surface area (Å²) in [5.74, 6) is 2.44. The molecule has 2 N–H and O–H groups in total. The number of hydrogen-bond acceptors (Lipinski definition) is 5. The van der Waals surface area contributed by atoms with E-state index in [-0.39, 0.29) is 0 Å². The van der Waals surface area contributed by atoms with E-state index >= 15 is 0 Å². The van der Waals surface area contributed by atoms with E-state index in [1.807, 2.05) is 18.2 Å². The second-order valence-corrected chi connectivity index (χ2v) is 4.42. The molecule has 0 aliphatic heterocycles. The van der Waals surface area contributed by atoms with Crippen molar-refractivity contribution in [1.82, 2.24) is 9.97 Å². The molecule has 0 fully saturated rings. The highest BCUT2D eigenvalue weighted by Gasteiger charge is 2.12. The predicted molar refractivity (Wildman–Crippen MR) is 79.0 cm³/mol. The van der Waals surface area contributed by atoms with Gasteiger partial charge in [0.05, 0.1) is 19.8 Å². The Balaban J connectivity index is 2.54. The minimum atomic E-state index is 0.461. The molecule has 0 amide bonds. The normalized spacial score (nSPS) is 10.3. The lowest BCUT2D eigenvalue weighted by Crippen LogP contribution is -2.01. The van der Waals surface area contributed by atoms with Gasteiger partial charge in [0.25, 0.3) is 0 Å². The molecule has 0 bridgehead atoms. The maximum atomic E-state index is 5.87. The smallest absolute Gasteiger partial charge is 0.165 e. The van der Waals surface area contributed by atoms with Gasteiger partial charge in [0.2, 0.25) is 0 Å². The van der Waals surface area contributed by atoms with Crippen LogP contribution < -0.4 is 15.2 Å². The Morgan fingerprint density at radius 3 is 2.55 bits per heavy atom. The molecule has 0 aliphatic rings. The summed E-state index contributed by atoms with van der Waals surface area (Å²) in [6.07, 6.45) is 1.87. The van der Waals surface area contributed by atoms with E-state index in [9.17, 15) is 0 Å². The molecule has 1 aromatic heterocycles. The molecule has 2 rings (SSSR count). The van der Waals surface area contributed by atoms with Crippen LogP contribution >= 0.6 is 0 Å². The largest absolute Gasteiger partial charge is 0.497 e. The number of methoxy groups -OCH3 is 2. The molecule has 1 aromatic carbocycles. The zero-order valence-corrected chi connectivity index (χ0v) is 12.0. The molecule has 0 radical (unpaired) electrons. The summed E-state index contributed by atoms with van der Waals surface area (Å²) in [4.78, 5) is 8.85. The number of anilines is 1. The van der Waals surface area contributed by atoms with Crippen LogP contribution in [-0.2, 0) is 6.42 Å². The zero-order valence-electron chi connectivity index (χ0n) is 12.0. The summed E-state index contributed by atoms with van der Waals surface area (Å²) in [6.45, 7) is 2.10. The van der Waals surface area contributed by atoms with Crippen molar-refractivity contribution in [2.24, 2.45) is 0 Å². The average molecular weight is 273 g/mol. The highest BCUT2D eigenvalue weighted by molar-refractivity contribution is 5.67. The number of nitrogens with zero attached hydrogens (tertiary/aromatic N) is 2. The maximum Gasteiger partial charge on any atom is 0.165 e. The second-order valence-electron chi connectivity index (χ2n) is 4.42. The first kappa shape index (κ1) is 14.1. The first-order valence-electron chi connectivity index (χ1n) is 6.53. The van der Waals surface area contributed by atoms with Gasteiger partial charge >= 0.3 is 0 Å². The number of nitrogen functional groups attached to an aromatic ring is 1. The van der Waals surface area contributed by atoms with Gasteiger partial charge in [-0.05, 0) is 24.6 Å². The van der Waals surface area contributed by atoms with Gasteiger partial charge in [0.1, 0.15) is 17.3 Å². The van der Waals surface area contributed by atoms with Crippen LogP contribution in [0.5, 0.6) is 11.5 Å². The molecule has 0 saturated carbocycles. The Labute approximate surface area is 118 Å². The van der Waals surface area contributed by atoms with Crippen LogP contribution in [0.2, 0.25) is 0 Å². The Morgan fingerprint density at radius 1 is 1.10 bits per heavy atom. The fraction of sp³-hybridized carbons (Fsp3) is 0.333. The Hall–Kier alpha value is -2.30. The highest BCUT2D eigenvalue weighted by atomic mass is 16.5. The molecule has 0 atom stereocenters. The first-order valence-corrected chi connectivity index (χ1v) is 6.53. The molecule has 106 valence electrons. The van der Waals surface area contributed by atoms with E-state index in [1.165, 1.54) is 0 Å². The number of aryl methyl sites for hydroxylation is 1. The summed E-state index contributed by atoms with van der Waals surface area (Å²) < 4.78 is 10.6. The predicted octanol–water partition coefficient (Wildman–Crippen LogP) is 2.70. The van der Waals surface area contributed by atoms with Gasteiger partial charge in [-0.15, -0.1) is 0 Å². The topological polar surface area (TPSA) is 70.3 Å². The molecule has 0 aliphatic carbocycles. The lowest BCUT2D eigenvalue weighted by atomic mass is 10.1. The number of aromatic nitrogens is 2. The highest BCUT2D eigenvalue weighted by Crippen LogP contribution is 2.31. The van der Waals surface area contributed by atoms with Crippen LogP contribution in [-0.4, -0.2) is 24.2 Å². The summed E-state index contributed by atoms with van der Waals surface area (Å²) in [5, 5.41) is 0. The third-order valence-corrected chi connectivity index (χ3v) is 2.95. The molecular formula is C15H19N3O2. The standard InChI is InChI=1S/C15H19N3O2/c1-4-5-10-8-14(16)18-15(17-10)12-9-11(19-2)6-7-13(12)20-3/h6-9H,4-5H2,1-3H3,(H2,16,17,18). The molecule has 2 aromatic rings. The summed E-state index contributed by atoms with van der Waals surface area (Å²) >= 11 is 0. The van der Waals surface area contributed by atoms with E-state index in [4.69, 9.17) is 15.2 Å². The van der Waals surface area contributed by atoms with Gasteiger partial charge in [-0.1, -0.05) is 13.3 Å². The van der Waals surface area contributed by atoms with Crippen molar-refractivity contribution in [1.29, 1.82) is 0 Å². The van der Waals surface area contributed by atoms with Crippen molar-refractivity contribution in [3.63, 3.8) is 0 Å². The Bertz CT molecular complexity index is 600. The monoisotopic (exact) mass is 273 g/mol. The lowest BCUT2D eigenvalue weighted by Gasteiger charge is -2.11. The molecule has 0 unspecified atom stereocenters. The fourth-order valence-corrected chi connectivity index (χ4v) is 2.01. The summed E-state index contributed by atoms with van der Waals surface area (Å²) in [5.41, 5.74) is 7.57. The van der Waals surface area contributed by atoms with E-state index < -0.39 is 0 Å².